The van der Waals surface area contributed by atoms with Gasteiger partial charge in [-0.1, -0.05) is 28.1 Å². The van der Waals surface area contributed by atoms with Crippen LogP contribution in [0.5, 0.6) is 0 Å². The van der Waals surface area contributed by atoms with Crippen LogP contribution in [0.3, 0.4) is 0 Å². The Morgan fingerprint density at radius 1 is 1.30 bits per heavy atom. The zero-order valence-corrected chi connectivity index (χ0v) is 17.0. The first-order chi connectivity index (χ1) is 13.2. The van der Waals surface area contributed by atoms with Crippen molar-refractivity contribution in [1.82, 2.24) is 24.9 Å². The van der Waals surface area contributed by atoms with E-state index < -0.39 is 0 Å². The summed E-state index contributed by atoms with van der Waals surface area (Å²) in [4.78, 5) is 16.1. The van der Waals surface area contributed by atoms with Crippen molar-refractivity contribution in [2.75, 3.05) is 12.0 Å². The van der Waals surface area contributed by atoms with Crippen molar-refractivity contribution < 1.29 is 4.79 Å². The van der Waals surface area contributed by atoms with E-state index in [4.69, 9.17) is 0 Å². The second kappa shape index (κ2) is 7.74. The van der Waals surface area contributed by atoms with Gasteiger partial charge in [0, 0.05) is 21.6 Å². The van der Waals surface area contributed by atoms with E-state index in [0.29, 0.717) is 5.69 Å². The lowest BCUT2D eigenvalue weighted by molar-refractivity contribution is 0.0929. The second-order valence-electron chi connectivity index (χ2n) is 6.21. The predicted molar refractivity (Wildman–Crippen MR) is 112 cm³/mol. The number of H-pyrrole nitrogens is 1. The summed E-state index contributed by atoms with van der Waals surface area (Å²) in [5.74, 6) is 1.50. The maximum atomic E-state index is 12.9. The van der Waals surface area contributed by atoms with Gasteiger partial charge in [-0.25, -0.2) is 0 Å². The van der Waals surface area contributed by atoms with Crippen LogP contribution in [0, 0.1) is 0 Å². The number of nitrogens with zero attached hydrogens (tertiary/aromatic N) is 3. The molecule has 1 amide bonds. The predicted octanol–water partition coefficient (Wildman–Crippen LogP) is 4.20. The van der Waals surface area contributed by atoms with Gasteiger partial charge in [0.25, 0.3) is 5.91 Å². The molecule has 8 heteroatoms. The monoisotopic (exact) mass is 443 g/mol. The molecular formula is C19H18BrN5OS. The molecule has 0 radical (unpaired) electrons. The largest absolute Gasteiger partial charge is 0.350 e. The second-order valence-corrected chi connectivity index (χ2v) is 8.11. The lowest BCUT2D eigenvalue weighted by Crippen LogP contribution is -2.30. The number of hydrogen-bond donors (Lipinski definition) is 2. The van der Waals surface area contributed by atoms with Crippen molar-refractivity contribution in [1.29, 1.82) is 0 Å². The molecule has 2 N–H and O–H groups in total. The van der Waals surface area contributed by atoms with Crippen molar-refractivity contribution in [3.63, 3.8) is 0 Å². The number of fused-ring (bicyclic) bond motifs is 2. The van der Waals surface area contributed by atoms with E-state index in [9.17, 15) is 4.79 Å². The van der Waals surface area contributed by atoms with Crippen LogP contribution >= 0.6 is 27.7 Å². The first-order valence-electron chi connectivity index (χ1n) is 8.53. The average molecular weight is 444 g/mol. The van der Waals surface area contributed by atoms with Gasteiger partial charge in [-0.2, -0.15) is 11.8 Å². The third-order valence-corrected chi connectivity index (χ3v) is 5.53. The number of pyridine rings is 1. The lowest BCUT2D eigenvalue weighted by atomic mass is 10.2. The van der Waals surface area contributed by atoms with Crippen LogP contribution in [0.15, 0.2) is 53.1 Å². The summed E-state index contributed by atoms with van der Waals surface area (Å²) in [6.07, 6.45) is 4.74. The third kappa shape index (κ3) is 3.72. The molecule has 0 aliphatic rings. The van der Waals surface area contributed by atoms with Gasteiger partial charge >= 0.3 is 0 Å². The minimum atomic E-state index is -0.222. The molecule has 0 aliphatic heterocycles. The topological polar surface area (TPSA) is 75.1 Å². The van der Waals surface area contributed by atoms with Crippen LogP contribution in [0.2, 0.25) is 0 Å². The van der Waals surface area contributed by atoms with Crippen LogP contribution in [0.1, 0.15) is 28.8 Å². The molecule has 0 aliphatic carbocycles. The summed E-state index contributed by atoms with van der Waals surface area (Å²) in [6.45, 7) is 0. The molecule has 6 nitrogen and oxygen atoms in total. The Balaban J connectivity index is 1.63. The molecule has 0 saturated heterocycles. The van der Waals surface area contributed by atoms with Crippen LogP contribution in [-0.4, -0.2) is 37.5 Å². The Labute approximate surface area is 168 Å². The van der Waals surface area contributed by atoms with Crippen molar-refractivity contribution >= 4 is 50.1 Å². The Morgan fingerprint density at radius 2 is 2.19 bits per heavy atom. The Kier molecular flexibility index (Phi) is 5.18. The van der Waals surface area contributed by atoms with E-state index in [0.717, 1.165) is 39.0 Å². The van der Waals surface area contributed by atoms with Gasteiger partial charge < -0.3 is 10.3 Å². The van der Waals surface area contributed by atoms with Crippen molar-refractivity contribution in [2.45, 2.75) is 12.5 Å². The van der Waals surface area contributed by atoms with E-state index >= 15 is 0 Å². The first-order valence-corrected chi connectivity index (χ1v) is 10.7. The summed E-state index contributed by atoms with van der Waals surface area (Å²) in [7, 11) is 0. The average Bonchev–Trinajstić information content (AvgIpc) is 3.28. The van der Waals surface area contributed by atoms with E-state index in [1.165, 1.54) is 0 Å². The molecule has 27 heavy (non-hydrogen) atoms. The molecule has 0 fully saturated rings. The molecule has 3 heterocycles. The van der Waals surface area contributed by atoms with Gasteiger partial charge in [-0.3, -0.25) is 9.20 Å². The van der Waals surface area contributed by atoms with E-state index in [1.807, 2.05) is 53.1 Å². The molecule has 4 rings (SSSR count). The summed E-state index contributed by atoms with van der Waals surface area (Å²) < 4.78 is 2.89. The van der Waals surface area contributed by atoms with Crippen LogP contribution in [0.25, 0.3) is 16.6 Å². The third-order valence-electron chi connectivity index (χ3n) is 4.40. The molecule has 1 aromatic carbocycles. The van der Waals surface area contributed by atoms with E-state index in [1.54, 1.807) is 11.8 Å². The number of rotatable bonds is 6. The highest BCUT2D eigenvalue weighted by Gasteiger charge is 2.21. The van der Waals surface area contributed by atoms with Crippen molar-refractivity contribution in [3.8, 4) is 0 Å². The quantitative estimate of drug-likeness (QED) is 0.468. The van der Waals surface area contributed by atoms with E-state index in [2.05, 4.69) is 42.7 Å². The normalized spacial score (nSPS) is 12.5. The highest BCUT2D eigenvalue weighted by molar-refractivity contribution is 9.10. The van der Waals surface area contributed by atoms with Crippen molar-refractivity contribution in [3.05, 3.63) is 64.7 Å². The van der Waals surface area contributed by atoms with Gasteiger partial charge in [0.15, 0.2) is 11.5 Å². The first kappa shape index (κ1) is 18.1. The Bertz CT molecular complexity index is 1110. The summed E-state index contributed by atoms with van der Waals surface area (Å²) in [6, 6.07) is 13.3. The van der Waals surface area contributed by atoms with Gasteiger partial charge in [-0.05, 0) is 48.8 Å². The standard InChI is InChI=1S/C19H18BrN5OS/c1-27-9-7-14(18-24-23-17-4-2-3-8-25(17)18)22-19(26)16-10-12-5-6-13(20)11-15(12)21-16/h2-6,8,10-11,14,21H,7,9H2,1H3,(H,22,26). The minimum absolute atomic E-state index is 0.152. The van der Waals surface area contributed by atoms with Gasteiger partial charge in [-0.15, -0.1) is 10.2 Å². The molecular weight excluding hydrogens is 426 g/mol. The number of thioether (sulfide) groups is 1. The number of aromatic nitrogens is 4. The van der Waals surface area contributed by atoms with E-state index in [-0.39, 0.29) is 11.9 Å². The smallest absolute Gasteiger partial charge is 0.268 e. The lowest BCUT2D eigenvalue weighted by Gasteiger charge is -2.16. The molecule has 0 bridgehead atoms. The van der Waals surface area contributed by atoms with Crippen LogP contribution in [0.4, 0.5) is 0 Å². The van der Waals surface area contributed by atoms with Crippen LogP contribution < -0.4 is 5.32 Å². The SMILES string of the molecule is CSCCC(NC(=O)c1cc2ccc(Br)cc2[nH]1)c1nnc2ccccn12. The minimum Gasteiger partial charge on any atom is -0.350 e. The molecule has 138 valence electrons. The molecule has 0 saturated carbocycles. The number of benzene rings is 1. The maximum Gasteiger partial charge on any atom is 0.268 e. The zero-order valence-electron chi connectivity index (χ0n) is 14.6. The van der Waals surface area contributed by atoms with Gasteiger partial charge in [0.1, 0.15) is 5.69 Å². The Morgan fingerprint density at radius 3 is 3.04 bits per heavy atom. The number of hydrogen-bond acceptors (Lipinski definition) is 4. The number of aromatic amines is 1. The maximum absolute atomic E-state index is 12.9. The summed E-state index contributed by atoms with van der Waals surface area (Å²) in [5, 5.41) is 12.7. The highest BCUT2D eigenvalue weighted by atomic mass is 79.9. The molecule has 1 unspecified atom stereocenters. The van der Waals surface area contributed by atoms with Crippen LogP contribution in [-0.2, 0) is 0 Å². The molecule has 1 atom stereocenters. The fraction of sp³-hybridized carbons (Fsp3) is 0.211. The fourth-order valence-corrected chi connectivity index (χ4v) is 3.89. The Hall–Kier alpha value is -2.32. The summed E-state index contributed by atoms with van der Waals surface area (Å²) in [5.41, 5.74) is 2.22. The van der Waals surface area contributed by atoms with Crippen molar-refractivity contribution in [2.24, 2.45) is 0 Å². The van der Waals surface area contributed by atoms with Gasteiger partial charge in [0.05, 0.1) is 6.04 Å². The summed E-state index contributed by atoms with van der Waals surface area (Å²) >= 11 is 5.19. The number of amides is 1. The zero-order chi connectivity index (χ0) is 18.8. The number of nitrogens with one attached hydrogen (secondary N) is 2. The fourth-order valence-electron chi connectivity index (χ4n) is 3.06. The molecule has 4 aromatic rings. The number of carbonyl (C=O) groups excluding carboxylic acids is 1. The molecule has 0 spiro atoms. The molecule has 3 aromatic heterocycles. The highest BCUT2D eigenvalue weighted by Crippen LogP contribution is 2.22. The number of carbonyl (C=O) groups is 1. The van der Waals surface area contributed by atoms with Gasteiger partial charge in [0.2, 0.25) is 0 Å². The number of halogens is 1.